The summed E-state index contributed by atoms with van der Waals surface area (Å²) in [6.07, 6.45) is -2.39. The molecule has 0 bridgehead atoms. The van der Waals surface area contributed by atoms with Crippen LogP contribution < -0.4 is 4.74 Å². The summed E-state index contributed by atoms with van der Waals surface area (Å²) in [6.45, 7) is 29.2. The standard InChI is InChI=1S/C33H52O4/c1-19-15-22(31(6,7)8)29(23(16-19)32(9,10)11)37-18-24(34)28(36)25-20(2)17-21(30(3,4)5)27(35)26(25)33(12,13)14/h15-17,24,28,34-36H,18H2,1-14H3. The van der Waals surface area contributed by atoms with E-state index in [4.69, 9.17) is 4.74 Å². The highest BCUT2D eigenvalue weighted by Gasteiger charge is 2.35. The zero-order chi connectivity index (χ0) is 28.9. The third-order valence-electron chi connectivity index (χ3n) is 7.01. The van der Waals surface area contributed by atoms with Gasteiger partial charge in [0, 0.05) is 16.7 Å². The highest BCUT2D eigenvalue weighted by atomic mass is 16.5. The first-order chi connectivity index (χ1) is 16.5. The summed E-state index contributed by atoms with van der Waals surface area (Å²) in [7, 11) is 0. The zero-order valence-corrected chi connectivity index (χ0v) is 25.8. The lowest BCUT2D eigenvalue weighted by atomic mass is 9.74. The van der Waals surface area contributed by atoms with Gasteiger partial charge in [0.1, 0.15) is 30.3 Å². The Balaban J connectivity index is 2.58. The van der Waals surface area contributed by atoms with Crippen LogP contribution in [0.4, 0.5) is 0 Å². The Labute approximate surface area is 226 Å². The van der Waals surface area contributed by atoms with Crippen molar-refractivity contribution >= 4 is 0 Å². The van der Waals surface area contributed by atoms with E-state index in [0.29, 0.717) is 11.1 Å². The van der Waals surface area contributed by atoms with Gasteiger partial charge in [-0.15, -0.1) is 0 Å². The van der Waals surface area contributed by atoms with Crippen LogP contribution >= 0.6 is 0 Å². The van der Waals surface area contributed by atoms with Crippen LogP contribution in [0.1, 0.15) is 128 Å². The first-order valence-electron chi connectivity index (χ1n) is 13.5. The number of hydrogen-bond acceptors (Lipinski definition) is 4. The van der Waals surface area contributed by atoms with Gasteiger partial charge in [0.2, 0.25) is 0 Å². The first kappa shape index (κ1) is 31.2. The van der Waals surface area contributed by atoms with Gasteiger partial charge in [-0.25, -0.2) is 0 Å². The van der Waals surface area contributed by atoms with E-state index in [1.807, 2.05) is 33.8 Å². The Kier molecular flexibility index (Phi) is 8.65. The molecular weight excluding hydrogens is 460 g/mol. The number of rotatable bonds is 5. The maximum Gasteiger partial charge on any atom is 0.126 e. The fourth-order valence-corrected chi connectivity index (χ4v) is 5.03. The molecule has 0 saturated carbocycles. The van der Waals surface area contributed by atoms with E-state index in [9.17, 15) is 15.3 Å². The smallest absolute Gasteiger partial charge is 0.126 e. The highest BCUT2D eigenvalue weighted by molar-refractivity contribution is 5.56. The van der Waals surface area contributed by atoms with Crippen LogP contribution in [0.3, 0.4) is 0 Å². The Bertz CT molecular complexity index is 1080. The Hall–Kier alpha value is -2.04. The second-order valence-electron chi connectivity index (χ2n) is 14.9. The summed E-state index contributed by atoms with van der Waals surface area (Å²) < 4.78 is 6.38. The lowest BCUT2D eigenvalue weighted by molar-refractivity contribution is -0.0109. The Morgan fingerprint density at radius 3 is 1.49 bits per heavy atom. The predicted octanol–water partition coefficient (Wildman–Crippen LogP) is 7.67. The molecule has 0 radical (unpaired) electrons. The molecule has 0 heterocycles. The van der Waals surface area contributed by atoms with Gasteiger partial charge in [-0.05, 0) is 52.2 Å². The van der Waals surface area contributed by atoms with Crippen molar-refractivity contribution in [2.45, 2.75) is 131 Å². The topological polar surface area (TPSA) is 69.9 Å². The molecule has 4 heteroatoms. The Morgan fingerprint density at radius 2 is 1.11 bits per heavy atom. The lowest BCUT2D eigenvalue weighted by Crippen LogP contribution is -2.31. The zero-order valence-electron chi connectivity index (χ0n) is 25.8. The van der Waals surface area contributed by atoms with Crippen LogP contribution in [0, 0.1) is 13.8 Å². The number of phenolic OH excluding ortho intramolecular Hbond substituents is 1. The average Bonchev–Trinajstić information content (AvgIpc) is 2.69. The van der Waals surface area contributed by atoms with Crippen molar-refractivity contribution in [1.82, 2.24) is 0 Å². The van der Waals surface area contributed by atoms with E-state index in [1.54, 1.807) is 0 Å². The van der Waals surface area contributed by atoms with E-state index in [-0.39, 0.29) is 28.6 Å². The van der Waals surface area contributed by atoms with Gasteiger partial charge in [0.05, 0.1) is 0 Å². The number of ether oxygens (including phenoxy) is 1. The van der Waals surface area contributed by atoms with Gasteiger partial charge in [-0.2, -0.15) is 0 Å². The second kappa shape index (κ2) is 10.3. The van der Waals surface area contributed by atoms with Crippen molar-refractivity contribution in [3.05, 3.63) is 57.1 Å². The molecule has 0 fully saturated rings. The van der Waals surface area contributed by atoms with Crippen molar-refractivity contribution in [2.24, 2.45) is 0 Å². The minimum atomic E-state index is -1.21. The maximum atomic E-state index is 11.5. The monoisotopic (exact) mass is 512 g/mol. The van der Waals surface area contributed by atoms with Gasteiger partial charge in [-0.3, -0.25) is 0 Å². The molecule has 4 nitrogen and oxygen atoms in total. The van der Waals surface area contributed by atoms with Crippen LogP contribution in [0.5, 0.6) is 11.5 Å². The maximum absolute atomic E-state index is 11.5. The molecule has 2 unspecified atom stereocenters. The minimum absolute atomic E-state index is 0.0683. The van der Waals surface area contributed by atoms with Crippen LogP contribution in [0.2, 0.25) is 0 Å². The molecule has 2 atom stereocenters. The summed E-state index contributed by atoms with van der Waals surface area (Å²) in [5.74, 6) is 0.965. The molecule has 2 aromatic carbocycles. The van der Waals surface area contributed by atoms with Crippen molar-refractivity contribution in [3.63, 3.8) is 0 Å². The molecule has 37 heavy (non-hydrogen) atoms. The third kappa shape index (κ3) is 6.89. The van der Waals surface area contributed by atoms with Gasteiger partial charge in [0.15, 0.2) is 0 Å². The van der Waals surface area contributed by atoms with Crippen LogP contribution in [-0.2, 0) is 21.7 Å². The molecule has 0 aromatic heterocycles. The first-order valence-corrected chi connectivity index (χ1v) is 13.5. The van der Waals surface area contributed by atoms with Crippen molar-refractivity contribution in [2.75, 3.05) is 6.61 Å². The normalized spacial score (nSPS) is 15.0. The van der Waals surface area contributed by atoms with E-state index in [2.05, 4.69) is 81.4 Å². The molecule has 0 aliphatic heterocycles. The number of benzene rings is 2. The van der Waals surface area contributed by atoms with E-state index >= 15 is 0 Å². The quantitative estimate of drug-likeness (QED) is 0.384. The third-order valence-corrected chi connectivity index (χ3v) is 7.01. The number of phenols is 1. The molecule has 0 aliphatic carbocycles. The van der Waals surface area contributed by atoms with E-state index in [0.717, 1.165) is 28.0 Å². The minimum Gasteiger partial charge on any atom is -0.507 e. The summed E-state index contributed by atoms with van der Waals surface area (Å²) in [6, 6.07) is 6.24. The van der Waals surface area contributed by atoms with E-state index < -0.39 is 17.6 Å². The van der Waals surface area contributed by atoms with Crippen molar-refractivity contribution in [3.8, 4) is 11.5 Å². The van der Waals surface area contributed by atoms with Gasteiger partial charge < -0.3 is 20.1 Å². The van der Waals surface area contributed by atoms with Crippen LogP contribution in [0.15, 0.2) is 18.2 Å². The SMILES string of the molecule is Cc1cc(C(C)(C)C)c(OCC(O)C(O)c2c(C)cc(C(C)(C)C)c(O)c2C(C)(C)C)c(C(C)(C)C)c1. The predicted molar refractivity (Wildman–Crippen MR) is 155 cm³/mol. The molecule has 0 aliphatic rings. The molecular formula is C33H52O4. The molecule has 0 amide bonds. The van der Waals surface area contributed by atoms with Crippen molar-refractivity contribution in [1.29, 1.82) is 0 Å². The van der Waals surface area contributed by atoms with Crippen molar-refractivity contribution < 1.29 is 20.1 Å². The van der Waals surface area contributed by atoms with E-state index in [1.165, 1.54) is 5.56 Å². The van der Waals surface area contributed by atoms with Gasteiger partial charge in [0.25, 0.3) is 0 Å². The van der Waals surface area contributed by atoms with Gasteiger partial charge >= 0.3 is 0 Å². The number of aliphatic hydroxyl groups excluding tert-OH is 2. The summed E-state index contributed by atoms with van der Waals surface area (Å²) in [4.78, 5) is 0. The number of aliphatic hydroxyl groups is 2. The highest BCUT2D eigenvalue weighted by Crippen LogP contribution is 2.45. The summed E-state index contributed by atoms with van der Waals surface area (Å²) in [5, 5.41) is 34.1. The number of aryl methyl sites for hydroxylation is 2. The second-order valence-corrected chi connectivity index (χ2v) is 14.9. The average molecular weight is 513 g/mol. The molecule has 0 saturated heterocycles. The molecule has 208 valence electrons. The fraction of sp³-hybridized carbons (Fsp3) is 0.636. The Morgan fingerprint density at radius 1 is 0.676 bits per heavy atom. The molecule has 2 aromatic rings. The van der Waals surface area contributed by atoms with Crippen LogP contribution in [-0.4, -0.2) is 28.0 Å². The number of hydrogen-bond donors (Lipinski definition) is 3. The molecule has 0 spiro atoms. The fourth-order valence-electron chi connectivity index (χ4n) is 5.03. The summed E-state index contributed by atoms with van der Waals surface area (Å²) >= 11 is 0. The number of aromatic hydroxyl groups is 1. The lowest BCUT2D eigenvalue weighted by Gasteiger charge is -2.34. The van der Waals surface area contributed by atoms with Gasteiger partial charge in [-0.1, -0.05) is 107 Å². The molecule has 3 N–H and O–H groups in total. The molecule has 2 rings (SSSR count). The largest absolute Gasteiger partial charge is 0.507 e. The van der Waals surface area contributed by atoms with Crippen LogP contribution in [0.25, 0.3) is 0 Å². The summed E-state index contributed by atoms with van der Waals surface area (Å²) in [5.41, 5.74) is 5.24.